The second kappa shape index (κ2) is 12.6. The van der Waals surface area contributed by atoms with Crippen LogP contribution >= 0.6 is 0 Å². The molecule has 0 N–H and O–H groups in total. The standard InChI is InChI=1S/C32H34F4O2/c1-3-5-7-23-16-19-27(31(36)28(23)33)38-32(37)24-14-12-22(13-15-24)26-18-17-25(29(34)30(26)35)21-10-8-20(6-4-2)9-11-21/h12-21H,3-11H2,1-2H3. The van der Waals surface area contributed by atoms with Gasteiger partial charge in [-0.15, -0.1) is 0 Å². The summed E-state index contributed by atoms with van der Waals surface area (Å²) in [5, 5.41) is 0. The lowest BCUT2D eigenvalue weighted by Gasteiger charge is -2.29. The molecule has 1 fully saturated rings. The third-order valence-electron chi connectivity index (χ3n) is 7.66. The lowest BCUT2D eigenvalue weighted by atomic mass is 9.77. The summed E-state index contributed by atoms with van der Waals surface area (Å²) >= 11 is 0. The topological polar surface area (TPSA) is 26.3 Å². The predicted octanol–water partition coefficient (Wildman–Crippen LogP) is 9.55. The zero-order valence-corrected chi connectivity index (χ0v) is 22.0. The number of halogens is 4. The summed E-state index contributed by atoms with van der Waals surface area (Å²) in [6.45, 7) is 4.12. The van der Waals surface area contributed by atoms with E-state index in [-0.39, 0.29) is 22.6 Å². The van der Waals surface area contributed by atoms with Gasteiger partial charge in [-0.1, -0.05) is 63.4 Å². The molecule has 3 aromatic rings. The Morgan fingerprint density at radius 3 is 2.16 bits per heavy atom. The van der Waals surface area contributed by atoms with E-state index in [1.165, 1.54) is 42.8 Å². The number of carbonyl (C=O) groups excluding carboxylic acids is 1. The van der Waals surface area contributed by atoms with Gasteiger partial charge in [0.25, 0.3) is 0 Å². The van der Waals surface area contributed by atoms with Crippen LogP contribution in [0, 0.1) is 29.2 Å². The van der Waals surface area contributed by atoms with E-state index >= 15 is 8.78 Å². The van der Waals surface area contributed by atoms with E-state index in [9.17, 15) is 13.6 Å². The van der Waals surface area contributed by atoms with Crippen LogP contribution < -0.4 is 4.74 Å². The molecular weight excluding hydrogens is 492 g/mol. The SMILES string of the molecule is CCCCc1ccc(OC(=O)c2ccc(-c3ccc(C4CCC(CCC)CC4)c(F)c3F)cc2)c(F)c1F. The van der Waals surface area contributed by atoms with E-state index < -0.39 is 35.0 Å². The van der Waals surface area contributed by atoms with Crippen LogP contribution in [0.2, 0.25) is 0 Å². The van der Waals surface area contributed by atoms with Crippen LogP contribution in [0.4, 0.5) is 17.6 Å². The second-order valence-electron chi connectivity index (χ2n) is 10.3. The summed E-state index contributed by atoms with van der Waals surface area (Å²) in [6.07, 6.45) is 8.09. The average molecular weight is 527 g/mol. The number of aryl methyl sites for hydroxylation is 1. The molecule has 3 aromatic carbocycles. The van der Waals surface area contributed by atoms with Crippen LogP contribution in [0.15, 0.2) is 48.5 Å². The predicted molar refractivity (Wildman–Crippen MR) is 141 cm³/mol. The van der Waals surface area contributed by atoms with Crippen molar-refractivity contribution in [2.45, 2.75) is 77.6 Å². The van der Waals surface area contributed by atoms with Crippen LogP contribution in [0.3, 0.4) is 0 Å². The second-order valence-corrected chi connectivity index (χ2v) is 10.3. The molecule has 0 amide bonds. The number of hydrogen-bond donors (Lipinski definition) is 0. The maximum Gasteiger partial charge on any atom is 0.343 e. The first-order valence-corrected chi connectivity index (χ1v) is 13.6. The summed E-state index contributed by atoms with van der Waals surface area (Å²) < 4.78 is 64.0. The smallest absolute Gasteiger partial charge is 0.343 e. The maximum absolute atomic E-state index is 15.1. The van der Waals surface area contributed by atoms with Gasteiger partial charge in [0.1, 0.15) is 0 Å². The van der Waals surface area contributed by atoms with Gasteiger partial charge in [0.2, 0.25) is 5.82 Å². The normalized spacial score (nSPS) is 17.4. The highest BCUT2D eigenvalue weighted by molar-refractivity contribution is 5.91. The van der Waals surface area contributed by atoms with Gasteiger partial charge in [0.05, 0.1) is 5.56 Å². The first-order valence-electron chi connectivity index (χ1n) is 13.6. The quantitative estimate of drug-likeness (QED) is 0.158. The Bertz CT molecular complexity index is 1260. The Labute approximate surface area is 222 Å². The monoisotopic (exact) mass is 526 g/mol. The molecule has 0 aliphatic heterocycles. The molecule has 38 heavy (non-hydrogen) atoms. The number of unbranched alkanes of at least 4 members (excludes halogenated alkanes) is 1. The van der Waals surface area contributed by atoms with E-state index in [4.69, 9.17) is 4.74 Å². The van der Waals surface area contributed by atoms with E-state index in [0.29, 0.717) is 23.5 Å². The van der Waals surface area contributed by atoms with Gasteiger partial charge in [-0.25, -0.2) is 18.0 Å². The molecule has 1 aliphatic rings. The molecule has 202 valence electrons. The lowest BCUT2D eigenvalue weighted by molar-refractivity contribution is 0.0726. The van der Waals surface area contributed by atoms with Crippen molar-refractivity contribution in [3.8, 4) is 16.9 Å². The zero-order chi connectivity index (χ0) is 27.2. The number of benzene rings is 3. The Hall–Kier alpha value is -3.15. The highest BCUT2D eigenvalue weighted by Gasteiger charge is 2.26. The zero-order valence-electron chi connectivity index (χ0n) is 22.0. The minimum atomic E-state index is -1.21. The van der Waals surface area contributed by atoms with Crippen LogP contribution in [0.25, 0.3) is 11.1 Å². The minimum absolute atomic E-state index is 0.0229. The van der Waals surface area contributed by atoms with E-state index in [0.717, 1.165) is 44.9 Å². The number of ether oxygens (including phenoxy) is 1. The Balaban J connectivity index is 1.46. The Morgan fingerprint density at radius 1 is 0.789 bits per heavy atom. The van der Waals surface area contributed by atoms with E-state index in [2.05, 4.69) is 6.92 Å². The number of carbonyl (C=O) groups is 1. The van der Waals surface area contributed by atoms with Crippen molar-refractivity contribution >= 4 is 5.97 Å². The molecule has 0 spiro atoms. The molecule has 1 saturated carbocycles. The van der Waals surface area contributed by atoms with Crippen molar-refractivity contribution in [1.29, 1.82) is 0 Å². The van der Waals surface area contributed by atoms with Crippen LogP contribution in [0.1, 0.15) is 92.6 Å². The third kappa shape index (κ3) is 6.11. The van der Waals surface area contributed by atoms with Gasteiger partial charge >= 0.3 is 5.97 Å². The Kier molecular flexibility index (Phi) is 9.24. The molecule has 6 heteroatoms. The molecule has 1 aliphatic carbocycles. The summed E-state index contributed by atoms with van der Waals surface area (Å²) in [4.78, 5) is 12.5. The van der Waals surface area contributed by atoms with Gasteiger partial charge in [-0.2, -0.15) is 4.39 Å². The van der Waals surface area contributed by atoms with Crippen molar-refractivity contribution in [3.05, 3.63) is 88.5 Å². The highest BCUT2D eigenvalue weighted by atomic mass is 19.2. The number of esters is 1. The first kappa shape index (κ1) is 27.9. The van der Waals surface area contributed by atoms with E-state index in [1.54, 1.807) is 12.1 Å². The van der Waals surface area contributed by atoms with Crippen molar-refractivity contribution < 1.29 is 27.1 Å². The lowest BCUT2D eigenvalue weighted by Crippen LogP contribution is -2.15. The first-order chi connectivity index (χ1) is 18.3. The molecule has 0 unspecified atom stereocenters. The summed E-state index contributed by atoms with van der Waals surface area (Å²) in [7, 11) is 0. The number of hydrogen-bond acceptors (Lipinski definition) is 2. The fourth-order valence-electron chi connectivity index (χ4n) is 5.43. The summed E-state index contributed by atoms with van der Waals surface area (Å²) in [6, 6.07) is 11.6. The van der Waals surface area contributed by atoms with Crippen LogP contribution in [-0.4, -0.2) is 5.97 Å². The van der Waals surface area contributed by atoms with Crippen LogP contribution in [0.5, 0.6) is 5.75 Å². The Morgan fingerprint density at radius 2 is 1.50 bits per heavy atom. The molecule has 0 bridgehead atoms. The van der Waals surface area contributed by atoms with E-state index in [1.807, 2.05) is 6.92 Å². The number of rotatable bonds is 9. The highest BCUT2D eigenvalue weighted by Crippen LogP contribution is 2.40. The molecule has 2 nitrogen and oxygen atoms in total. The van der Waals surface area contributed by atoms with Gasteiger partial charge in [0, 0.05) is 5.56 Å². The van der Waals surface area contributed by atoms with Gasteiger partial charge in [-0.3, -0.25) is 0 Å². The molecule has 0 radical (unpaired) electrons. The van der Waals surface area contributed by atoms with Gasteiger partial charge in [-0.05, 0) is 85.3 Å². The summed E-state index contributed by atoms with van der Waals surface area (Å²) in [5.74, 6) is -4.63. The van der Waals surface area contributed by atoms with Crippen LogP contribution in [-0.2, 0) is 6.42 Å². The van der Waals surface area contributed by atoms with Gasteiger partial charge < -0.3 is 4.74 Å². The molecule has 0 heterocycles. The maximum atomic E-state index is 15.1. The van der Waals surface area contributed by atoms with Crippen molar-refractivity contribution in [1.82, 2.24) is 0 Å². The molecule has 0 saturated heterocycles. The fourth-order valence-corrected chi connectivity index (χ4v) is 5.43. The fraction of sp³-hybridized carbons (Fsp3) is 0.406. The van der Waals surface area contributed by atoms with Crippen molar-refractivity contribution in [3.63, 3.8) is 0 Å². The molecule has 4 rings (SSSR count). The minimum Gasteiger partial charge on any atom is -0.420 e. The van der Waals surface area contributed by atoms with Crippen molar-refractivity contribution in [2.24, 2.45) is 5.92 Å². The third-order valence-corrected chi connectivity index (χ3v) is 7.66. The summed E-state index contributed by atoms with van der Waals surface area (Å²) in [5.41, 5.74) is 1.23. The van der Waals surface area contributed by atoms with Crippen molar-refractivity contribution in [2.75, 3.05) is 0 Å². The van der Waals surface area contributed by atoms with Gasteiger partial charge in [0.15, 0.2) is 23.2 Å². The molecular formula is C32H34F4O2. The largest absolute Gasteiger partial charge is 0.420 e. The molecule has 0 aromatic heterocycles. The average Bonchev–Trinajstić information content (AvgIpc) is 2.93. The molecule has 0 atom stereocenters.